The Morgan fingerprint density at radius 1 is 1.33 bits per heavy atom. The van der Waals surface area contributed by atoms with Crippen LogP contribution in [-0.4, -0.2) is 24.5 Å². The summed E-state index contributed by atoms with van der Waals surface area (Å²) in [6.07, 6.45) is 1.91. The van der Waals surface area contributed by atoms with Crippen LogP contribution < -0.4 is 0 Å². The van der Waals surface area contributed by atoms with Crippen LogP contribution in [0.25, 0.3) is 0 Å². The SMILES string of the molecule is CCOC(OCC)c1ccc(C=O)nc1. The summed E-state index contributed by atoms with van der Waals surface area (Å²) in [5.74, 6) is 0. The normalized spacial score (nSPS) is 10.6. The third-order valence-corrected chi connectivity index (χ3v) is 1.84. The third-order valence-electron chi connectivity index (χ3n) is 1.84. The van der Waals surface area contributed by atoms with Crippen molar-refractivity contribution in [3.63, 3.8) is 0 Å². The van der Waals surface area contributed by atoms with Crippen LogP contribution in [0, 0.1) is 0 Å². The van der Waals surface area contributed by atoms with E-state index in [-0.39, 0.29) is 0 Å². The Hall–Kier alpha value is -1.26. The monoisotopic (exact) mass is 209 g/mol. The molecule has 0 aliphatic carbocycles. The second-order valence-electron chi connectivity index (χ2n) is 2.88. The fourth-order valence-electron chi connectivity index (χ4n) is 1.17. The van der Waals surface area contributed by atoms with Gasteiger partial charge in [0.2, 0.25) is 0 Å². The lowest BCUT2D eigenvalue weighted by molar-refractivity contribution is -0.140. The molecule has 0 aliphatic rings. The van der Waals surface area contributed by atoms with Gasteiger partial charge in [0.15, 0.2) is 12.6 Å². The molecule has 0 fully saturated rings. The highest BCUT2D eigenvalue weighted by molar-refractivity contribution is 5.71. The van der Waals surface area contributed by atoms with E-state index in [1.807, 2.05) is 13.8 Å². The van der Waals surface area contributed by atoms with E-state index in [0.29, 0.717) is 25.2 Å². The summed E-state index contributed by atoms with van der Waals surface area (Å²) in [4.78, 5) is 14.4. The van der Waals surface area contributed by atoms with Crippen molar-refractivity contribution in [1.29, 1.82) is 0 Å². The van der Waals surface area contributed by atoms with Gasteiger partial charge in [0.25, 0.3) is 0 Å². The van der Waals surface area contributed by atoms with Gasteiger partial charge in [-0.2, -0.15) is 0 Å². The summed E-state index contributed by atoms with van der Waals surface area (Å²) in [5, 5.41) is 0. The van der Waals surface area contributed by atoms with Crippen LogP contribution in [0.1, 0.15) is 36.2 Å². The number of pyridine rings is 1. The van der Waals surface area contributed by atoms with E-state index < -0.39 is 6.29 Å². The highest BCUT2D eigenvalue weighted by atomic mass is 16.7. The number of hydrogen-bond donors (Lipinski definition) is 0. The van der Waals surface area contributed by atoms with Crippen LogP contribution in [0.15, 0.2) is 18.3 Å². The minimum atomic E-state index is -0.395. The van der Waals surface area contributed by atoms with Crippen molar-refractivity contribution in [1.82, 2.24) is 4.98 Å². The number of aromatic nitrogens is 1. The quantitative estimate of drug-likeness (QED) is 0.531. The van der Waals surface area contributed by atoms with E-state index >= 15 is 0 Å². The van der Waals surface area contributed by atoms with Gasteiger partial charge in [-0.25, -0.2) is 0 Å². The molecule has 0 N–H and O–H groups in total. The van der Waals surface area contributed by atoms with E-state index in [1.54, 1.807) is 18.3 Å². The van der Waals surface area contributed by atoms with Crippen LogP contribution in [0.2, 0.25) is 0 Å². The Labute approximate surface area is 89.2 Å². The summed E-state index contributed by atoms with van der Waals surface area (Å²) < 4.78 is 10.8. The zero-order chi connectivity index (χ0) is 11.1. The molecular weight excluding hydrogens is 194 g/mol. The first-order chi connectivity index (χ1) is 7.31. The van der Waals surface area contributed by atoms with Gasteiger partial charge >= 0.3 is 0 Å². The van der Waals surface area contributed by atoms with Crippen molar-refractivity contribution < 1.29 is 14.3 Å². The fraction of sp³-hybridized carbons (Fsp3) is 0.455. The van der Waals surface area contributed by atoms with Crippen molar-refractivity contribution in [2.45, 2.75) is 20.1 Å². The third kappa shape index (κ3) is 3.42. The Bertz CT molecular complexity index is 291. The molecule has 1 rings (SSSR count). The Kier molecular flexibility index (Phi) is 4.93. The summed E-state index contributed by atoms with van der Waals surface area (Å²) in [6, 6.07) is 3.43. The number of nitrogens with zero attached hydrogens (tertiary/aromatic N) is 1. The summed E-state index contributed by atoms with van der Waals surface area (Å²) in [7, 11) is 0. The maximum atomic E-state index is 10.4. The molecule has 82 valence electrons. The predicted molar refractivity (Wildman–Crippen MR) is 55.6 cm³/mol. The average Bonchev–Trinajstić information content (AvgIpc) is 2.29. The lowest BCUT2D eigenvalue weighted by Crippen LogP contribution is -2.09. The molecule has 0 spiro atoms. The van der Waals surface area contributed by atoms with Gasteiger partial charge in [0, 0.05) is 25.0 Å². The van der Waals surface area contributed by atoms with Gasteiger partial charge in [0.05, 0.1) is 0 Å². The van der Waals surface area contributed by atoms with Crippen LogP contribution in [-0.2, 0) is 9.47 Å². The molecular formula is C11H15NO3. The van der Waals surface area contributed by atoms with Gasteiger partial charge in [-0.15, -0.1) is 0 Å². The zero-order valence-electron chi connectivity index (χ0n) is 8.97. The molecule has 1 aromatic rings. The lowest BCUT2D eigenvalue weighted by atomic mass is 10.2. The number of ether oxygens (including phenoxy) is 2. The van der Waals surface area contributed by atoms with Gasteiger partial charge in [-0.1, -0.05) is 6.07 Å². The molecule has 15 heavy (non-hydrogen) atoms. The number of hydrogen-bond acceptors (Lipinski definition) is 4. The molecule has 0 saturated carbocycles. The maximum absolute atomic E-state index is 10.4. The average molecular weight is 209 g/mol. The standard InChI is InChI=1S/C11H15NO3/c1-3-14-11(15-4-2)9-5-6-10(8-13)12-7-9/h5-8,11H,3-4H2,1-2H3. The molecule has 1 aromatic heterocycles. The highest BCUT2D eigenvalue weighted by Crippen LogP contribution is 2.17. The predicted octanol–water partition coefficient (Wildman–Crippen LogP) is 1.97. The maximum Gasteiger partial charge on any atom is 0.185 e. The Morgan fingerprint density at radius 3 is 2.40 bits per heavy atom. The molecule has 4 nitrogen and oxygen atoms in total. The van der Waals surface area contributed by atoms with Crippen LogP contribution in [0.4, 0.5) is 0 Å². The highest BCUT2D eigenvalue weighted by Gasteiger charge is 2.11. The van der Waals surface area contributed by atoms with E-state index in [1.165, 1.54) is 0 Å². The Balaban J connectivity index is 2.76. The molecule has 0 amide bonds. The van der Waals surface area contributed by atoms with Crippen LogP contribution >= 0.6 is 0 Å². The van der Waals surface area contributed by atoms with Crippen LogP contribution in [0.3, 0.4) is 0 Å². The number of carbonyl (C=O) groups is 1. The lowest BCUT2D eigenvalue weighted by Gasteiger charge is -2.16. The molecule has 0 radical (unpaired) electrons. The van der Waals surface area contributed by atoms with Crippen molar-refractivity contribution in [2.24, 2.45) is 0 Å². The number of carbonyl (C=O) groups excluding carboxylic acids is 1. The van der Waals surface area contributed by atoms with Gasteiger partial charge in [0.1, 0.15) is 5.69 Å². The molecule has 0 aliphatic heterocycles. The number of aldehydes is 1. The van der Waals surface area contributed by atoms with Crippen molar-refractivity contribution in [2.75, 3.05) is 13.2 Å². The van der Waals surface area contributed by atoms with Crippen LogP contribution in [0.5, 0.6) is 0 Å². The van der Waals surface area contributed by atoms with Crippen molar-refractivity contribution >= 4 is 6.29 Å². The van der Waals surface area contributed by atoms with Crippen molar-refractivity contribution in [3.8, 4) is 0 Å². The van der Waals surface area contributed by atoms with Crippen molar-refractivity contribution in [3.05, 3.63) is 29.6 Å². The molecule has 1 heterocycles. The van der Waals surface area contributed by atoms with E-state index in [2.05, 4.69) is 4.98 Å². The zero-order valence-corrected chi connectivity index (χ0v) is 8.97. The largest absolute Gasteiger partial charge is 0.349 e. The Morgan fingerprint density at radius 2 is 2.00 bits per heavy atom. The van der Waals surface area contributed by atoms with E-state index in [9.17, 15) is 4.79 Å². The minimum absolute atomic E-state index is 0.395. The molecule has 0 unspecified atom stereocenters. The summed E-state index contributed by atoms with van der Waals surface area (Å²) >= 11 is 0. The van der Waals surface area contributed by atoms with Gasteiger partial charge < -0.3 is 9.47 Å². The summed E-state index contributed by atoms with van der Waals surface area (Å²) in [5.41, 5.74) is 1.23. The van der Waals surface area contributed by atoms with Gasteiger partial charge in [-0.05, 0) is 19.9 Å². The van der Waals surface area contributed by atoms with E-state index in [4.69, 9.17) is 9.47 Å². The van der Waals surface area contributed by atoms with E-state index in [0.717, 1.165) is 5.56 Å². The second kappa shape index (κ2) is 6.27. The summed E-state index contributed by atoms with van der Waals surface area (Å²) in [6.45, 7) is 4.94. The first-order valence-corrected chi connectivity index (χ1v) is 4.96. The molecule has 0 bridgehead atoms. The second-order valence-corrected chi connectivity index (χ2v) is 2.88. The minimum Gasteiger partial charge on any atom is -0.349 e. The first kappa shape index (κ1) is 11.8. The molecule has 4 heteroatoms. The topological polar surface area (TPSA) is 48.4 Å². The molecule has 0 saturated heterocycles. The smallest absolute Gasteiger partial charge is 0.185 e. The van der Waals surface area contributed by atoms with Gasteiger partial charge in [-0.3, -0.25) is 9.78 Å². The fourth-order valence-corrected chi connectivity index (χ4v) is 1.17. The molecule has 0 atom stereocenters. The molecule has 0 aromatic carbocycles. The first-order valence-electron chi connectivity index (χ1n) is 4.96. The number of rotatable bonds is 6.